The Kier molecular flexibility index (Phi) is 4.71. The quantitative estimate of drug-likeness (QED) is 0.866. The molecule has 1 aliphatic carbocycles. The molecule has 0 radical (unpaired) electrons. The second-order valence-electron chi connectivity index (χ2n) is 5.11. The third-order valence-electron chi connectivity index (χ3n) is 3.82. The fourth-order valence-electron chi connectivity index (χ4n) is 2.72. The number of aliphatic carboxylic acids is 1. The number of carboxylic acids is 1. The van der Waals surface area contributed by atoms with Gasteiger partial charge in [-0.3, -0.25) is 9.59 Å². The summed E-state index contributed by atoms with van der Waals surface area (Å²) in [4.78, 5) is 23.0. The van der Waals surface area contributed by atoms with E-state index < -0.39 is 17.8 Å². The summed E-state index contributed by atoms with van der Waals surface area (Å²) >= 11 is 0. The monoisotopic (exact) mass is 279 g/mol. The Labute approximate surface area is 117 Å². The van der Waals surface area contributed by atoms with Crippen molar-refractivity contribution >= 4 is 11.9 Å². The summed E-state index contributed by atoms with van der Waals surface area (Å²) in [5, 5.41) is 11.8. The van der Waals surface area contributed by atoms with Gasteiger partial charge in [0.15, 0.2) is 0 Å². The van der Waals surface area contributed by atoms with Gasteiger partial charge in [-0.25, -0.2) is 4.39 Å². The van der Waals surface area contributed by atoms with Crippen LogP contribution in [0.15, 0.2) is 24.3 Å². The molecule has 0 bridgehead atoms. The zero-order valence-electron chi connectivity index (χ0n) is 11.1. The van der Waals surface area contributed by atoms with E-state index in [-0.39, 0.29) is 11.7 Å². The van der Waals surface area contributed by atoms with Gasteiger partial charge in [-0.05, 0) is 30.9 Å². The average molecular weight is 279 g/mol. The molecule has 2 N–H and O–H groups in total. The van der Waals surface area contributed by atoms with E-state index in [2.05, 4.69) is 5.32 Å². The highest BCUT2D eigenvalue weighted by Gasteiger charge is 2.37. The normalized spacial score (nSPS) is 21.6. The molecular weight excluding hydrogens is 261 g/mol. The Morgan fingerprint density at radius 3 is 2.65 bits per heavy atom. The van der Waals surface area contributed by atoms with Crippen molar-refractivity contribution in [2.24, 2.45) is 11.8 Å². The Hall–Kier alpha value is -1.91. The lowest BCUT2D eigenvalue weighted by Crippen LogP contribution is -2.36. The maximum Gasteiger partial charge on any atom is 0.307 e. The molecule has 0 saturated heterocycles. The summed E-state index contributed by atoms with van der Waals surface area (Å²) in [5.74, 6) is -2.45. The van der Waals surface area contributed by atoms with E-state index in [0.717, 1.165) is 6.42 Å². The molecule has 0 spiro atoms. The molecule has 5 heteroatoms. The lowest BCUT2D eigenvalue weighted by molar-refractivity contribution is -0.146. The smallest absolute Gasteiger partial charge is 0.307 e. The Balaban J connectivity index is 1.84. The summed E-state index contributed by atoms with van der Waals surface area (Å²) in [5.41, 5.74) is 0.550. The molecule has 4 nitrogen and oxygen atoms in total. The average Bonchev–Trinajstić information content (AvgIpc) is 2.90. The van der Waals surface area contributed by atoms with Crippen molar-refractivity contribution in [3.05, 3.63) is 35.6 Å². The van der Waals surface area contributed by atoms with E-state index >= 15 is 0 Å². The number of amides is 1. The fourth-order valence-corrected chi connectivity index (χ4v) is 2.72. The van der Waals surface area contributed by atoms with Crippen molar-refractivity contribution in [1.82, 2.24) is 5.32 Å². The molecule has 0 aromatic heterocycles. The van der Waals surface area contributed by atoms with Crippen LogP contribution < -0.4 is 5.32 Å². The molecular formula is C15H18FNO3. The molecule has 1 saturated carbocycles. The molecule has 108 valence electrons. The van der Waals surface area contributed by atoms with Gasteiger partial charge < -0.3 is 10.4 Å². The van der Waals surface area contributed by atoms with Crippen molar-refractivity contribution in [3.8, 4) is 0 Å². The van der Waals surface area contributed by atoms with Crippen molar-refractivity contribution in [1.29, 1.82) is 0 Å². The van der Waals surface area contributed by atoms with Crippen molar-refractivity contribution in [2.75, 3.05) is 6.54 Å². The largest absolute Gasteiger partial charge is 0.481 e. The maximum absolute atomic E-state index is 13.4. The second-order valence-corrected chi connectivity index (χ2v) is 5.11. The molecule has 2 rings (SSSR count). The number of hydrogen-bond donors (Lipinski definition) is 2. The van der Waals surface area contributed by atoms with Crippen LogP contribution in [0.3, 0.4) is 0 Å². The SMILES string of the molecule is O=C(O)C1CCCC1C(=O)NCCc1ccccc1F. The molecule has 0 heterocycles. The van der Waals surface area contributed by atoms with Crippen molar-refractivity contribution in [3.63, 3.8) is 0 Å². The first-order valence-electron chi connectivity index (χ1n) is 6.83. The van der Waals surface area contributed by atoms with Crippen LogP contribution in [-0.2, 0) is 16.0 Å². The zero-order chi connectivity index (χ0) is 14.5. The molecule has 1 amide bonds. The summed E-state index contributed by atoms with van der Waals surface area (Å²) in [6.07, 6.45) is 2.34. The minimum Gasteiger partial charge on any atom is -0.481 e. The number of hydrogen-bond acceptors (Lipinski definition) is 2. The highest BCUT2D eigenvalue weighted by atomic mass is 19.1. The van der Waals surface area contributed by atoms with Crippen LogP contribution in [0, 0.1) is 17.7 Å². The Morgan fingerprint density at radius 1 is 1.25 bits per heavy atom. The van der Waals surface area contributed by atoms with E-state index in [1.807, 2.05) is 0 Å². The highest BCUT2D eigenvalue weighted by molar-refractivity contribution is 5.85. The number of benzene rings is 1. The molecule has 1 fully saturated rings. The van der Waals surface area contributed by atoms with Crippen LogP contribution in [0.5, 0.6) is 0 Å². The summed E-state index contributed by atoms with van der Waals surface area (Å²) in [6, 6.07) is 6.43. The van der Waals surface area contributed by atoms with Crippen LogP contribution in [-0.4, -0.2) is 23.5 Å². The van der Waals surface area contributed by atoms with Crippen LogP contribution in [0.4, 0.5) is 4.39 Å². The van der Waals surface area contributed by atoms with Crippen LogP contribution >= 0.6 is 0 Å². The predicted molar refractivity (Wildman–Crippen MR) is 71.6 cm³/mol. The first-order chi connectivity index (χ1) is 9.59. The molecule has 20 heavy (non-hydrogen) atoms. The van der Waals surface area contributed by atoms with Gasteiger partial charge in [-0.15, -0.1) is 0 Å². The number of nitrogens with one attached hydrogen (secondary N) is 1. The molecule has 0 aliphatic heterocycles. The number of halogens is 1. The molecule has 1 aliphatic rings. The standard InChI is InChI=1S/C15H18FNO3/c16-13-7-2-1-4-10(13)8-9-17-14(18)11-5-3-6-12(11)15(19)20/h1-2,4,7,11-12H,3,5-6,8-9H2,(H,17,18)(H,19,20). The van der Waals surface area contributed by atoms with E-state index in [9.17, 15) is 14.0 Å². The number of carbonyl (C=O) groups is 2. The van der Waals surface area contributed by atoms with Crippen molar-refractivity contribution in [2.45, 2.75) is 25.7 Å². The fraction of sp³-hybridized carbons (Fsp3) is 0.467. The van der Waals surface area contributed by atoms with Gasteiger partial charge in [0.05, 0.1) is 11.8 Å². The van der Waals surface area contributed by atoms with Crippen LogP contribution in [0.2, 0.25) is 0 Å². The van der Waals surface area contributed by atoms with E-state index in [4.69, 9.17) is 5.11 Å². The summed E-state index contributed by atoms with van der Waals surface area (Å²) in [7, 11) is 0. The molecule has 2 atom stereocenters. The third kappa shape index (κ3) is 3.35. The number of rotatable bonds is 5. The number of carbonyl (C=O) groups excluding carboxylic acids is 1. The lowest BCUT2D eigenvalue weighted by Gasteiger charge is -2.15. The predicted octanol–water partition coefficient (Wildman–Crippen LogP) is 1.99. The van der Waals surface area contributed by atoms with Crippen LogP contribution in [0.25, 0.3) is 0 Å². The third-order valence-corrected chi connectivity index (χ3v) is 3.82. The van der Waals surface area contributed by atoms with Gasteiger partial charge in [0.2, 0.25) is 5.91 Å². The van der Waals surface area contributed by atoms with Gasteiger partial charge in [-0.1, -0.05) is 24.6 Å². The first-order valence-corrected chi connectivity index (χ1v) is 6.83. The summed E-state index contributed by atoms with van der Waals surface area (Å²) < 4.78 is 13.4. The van der Waals surface area contributed by atoms with Gasteiger partial charge in [0.25, 0.3) is 0 Å². The van der Waals surface area contributed by atoms with Gasteiger partial charge in [0.1, 0.15) is 5.82 Å². The topological polar surface area (TPSA) is 66.4 Å². The Bertz CT molecular complexity index is 504. The Morgan fingerprint density at radius 2 is 1.95 bits per heavy atom. The summed E-state index contributed by atoms with van der Waals surface area (Å²) in [6.45, 7) is 0.322. The van der Waals surface area contributed by atoms with Crippen LogP contribution in [0.1, 0.15) is 24.8 Å². The zero-order valence-corrected chi connectivity index (χ0v) is 11.1. The molecule has 2 unspecified atom stereocenters. The maximum atomic E-state index is 13.4. The molecule has 1 aromatic carbocycles. The lowest BCUT2D eigenvalue weighted by atomic mass is 9.95. The van der Waals surface area contributed by atoms with Gasteiger partial charge in [0, 0.05) is 6.54 Å². The first kappa shape index (κ1) is 14.5. The van der Waals surface area contributed by atoms with E-state index in [1.165, 1.54) is 6.07 Å². The molecule has 1 aromatic rings. The van der Waals surface area contributed by atoms with Gasteiger partial charge in [-0.2, -0.15) is 0 Å². The van der Waals surface area contributed by atoms with Crippen molar-refractivity contribution < 1.29 is 19.1 Å². The minimum atomic E-state index is -0.906. The van der Waals surface area contributed by atoms with E-state index in [1.54, 1.807) is 18.2 Å². The van der Waals surface area contributed by atoms with Gasteiger partial charge >= 0.3 is 5.97 Å². The minimum absolute atomic E-state index is 0.230. The highest BCUT2D eigenvalue weighted by Crippen LogP contribution is 2.31. The van der Waals surface area contributed by atoms with E-state index in [0.29, 0.717) is 31.4 Å². The number of carboxylic acid groups (broad SMARTS) is 1. The second kappa shape index (κ2) is 6.50.